The molecule has 104 valence electrons. The van der Waals surface area contributed by atoms with Gasteiger partial charge < -0.3 is 4.57 Å². The summed E-state index contributed by atoms with van der Waals surface area (Å²) in [6, 6.07) is 10.1. The van der Waals surface area contributed by atoms with Gasteiger partial charge in [-0.15, -0.1) is 0 Å². The molecule has 2 heterocycles. The lowest BCUT2D eigenvalue weighted by Gasteiger charge is -2.01. The molecule has 4 heteroatoms. The van der Waals surface area contributed by atoms with E-state index in [2.05, 4.69) is 21.9 Å². The first kappa shape index (κ1) is 14.2. The van der Waals surface area contributed by atoms with Gasteiger partial charge in [-0.1, -0.05) is 51.1 Å². The van der Waals surface area contributed by atoms with E-state index in [4.69, 9.17) is 0 Å². The van der Waals surface area contributed by atoms with Crippen molar-refractivity contribution < 1.29 is 0 Å². The normalized spacial score (nSPS) is 10.2. The number of rotatable bonds is 2. The van der Waals surface area contributed by atoms with Gasteiger partial charge in [0.05, 0.1) is 11.9 Å². The van der Waals surface area contributed by atoms with Crippen LogP contribution in [0.4, 0.5) is 0 Å². The highest BCUT2D eigenvalue weighted by Gasteiger charge is 2.11. The highest BCUT2D eigenvalue weighted by atomic mass is 15.1. The number of fused-ring (bicyclic) bond motifs is 1. The summed E-state index contributed by atoms with van der Waals surface area (Å²) in [5.41, 5.74) is 3.62. The molecule has 0 aliphatic heterocycles. The molecule has 2 aromatic heterocycles. The molecule has 0 unspecified atom stereocenters. The molecule has 0 atom stereocenters. The van der Waals surface area contributed by atoms with E-state index in [0.29, 0.717) is 5.65 Å². The molecule has 0 saturated heterocycles. The molecule has 0 fully saturated rings. The van der Waals surface area contributed by atoms with Crippen LogP contribution in [-0.4, -0.2) is 19.5 Å². The average Bonchev–Trinajstić information content (AvgIpc) is 2.87. The van der Waals surface area contributed by atoms with Crippen molar-refractivity contribution in [1.29, 1.82) is 0 Å². The van der Waals surface area contributed by atoms with Crippen molar-refractivity contribution in [2.24, 2.45) is 7.05 Å². The first-order valence-corrected chi connectivity index (χ1v) is 7.03. The molecule has 3 aromatic rings. The zero-order valence-electron chi connectivity index (χ0n) is 12.5. The van der Waals surface area contributed by atoms with Crippen molar-refractivity contribution in [3.05, 3.63) is 42.2 Å². The maximum atomic E-state index is 4.58. The topological polar surface area (TPSA) is 43.6 Å². The monoisotopic (exact) mass is 268 g/mol. The van der Waals surface area contributed by atoms with Crippen LogP contribution in [0.2, 0.25) is 0 Å². The van der Waals surface area contributed by atoms with Crippen molar-refractivity contribution in [2.45, 2.75) is 27.2 Å². The van der Waals surface area contributed by atoms with Crippen LogP contribution in [-0.2, 0) is 13.5 Å². The van der Waals surface area contributed by atoms with E-state index < -0.39 is 0 Å². The van der Waals surface area contributed by atoms with E-state index in [9.17, 15) is 0 Å². The fraction of sp³-hybridized carbons (Fsp3) is 0.312. The molecule has 0 amide bonds. The second-order valence-electron chi connectivity index (χ2n) is 4.22. The molecule has 3 rings (SSSR count). The van der Waals surface area contributed by atoms with E-state index in [1.807, 2.05) is 55.8 Å². The number of aryl methyl sites for hydroxylation is 2. The third kappa shape index (κ3) is 2.54. The third-order valence-electron chi connectivity index (χ3n) is 3.03. The Bertz CT molecular complexity index is 686. The van der Waals surface area contributed by atoms with Gasteiger partial charge in [0.2, 0.25) is 0 Å². The van der Waals surface area contributed by atoms with Crippen LogP contribution in [0.1, 0.15) is 26.5 Å². The Hall–Kier alpha value is -2.23. The van der Waals surface area contributed by atoms with E-state index in [1.165, 1.54) is 0 Å². The lowest BCUT2D eigenvalue weighted by molar-refractivity contribution is 0.925. The Morgan fingerprint density at radius 3 is 2.40 bits per heavy atom. The standard InChI is InChI=1S/C14H14N4.C2H6/c1-3-11-9-15-12-14(16-11)18(2)13(17-12)10-7-5-4-6-8-10;1-2/h4-9H,3H2,1-2H3;1-2H3. The summed E-state index contributed by atoms with van der Waals surface area (Å²) in [7, 11) is 1.98. The maximum Gasteiger partial charge on any atom is 0.198 e. The Kier molecular flexibility index (Phi) is 4.45. The van der Waals surface area contributed by atoms with Crippen molar-refractivity contribution >= 4 is 11.3 Å². The van der Waals surface area contributed by atoms with Gasteiger partial charge in [0.25, 0.3) is 0 Å². The second-order valence-corrected chi connectivity index (χ2v) is 4.22. The van der Waals surface area contributed by atoms with Crippen LogP contribution >= 0.6 is 0 Å². The van der Waals surface area contributed by atoms with Crippen LogP contribution < -0.4 is 0 Å². The fourth-order valence-electron chi connectivity index (χ4n) is 2.00. The molecule has 0 radical (unpaired) electrons. The molecule has 0 aliphatic rings. The lowest BCUT2D eigenvalue weighted by Crippen LogP contribution is -1.96. The first-order chi connectivity index (χ1) is 9.79. The van der Waals surface area contributed by atoms with Crippen LogP contribution in [0.15, 0.2) is 36.5 Å². The number of hydrogen-bond acceptors (Lipinski definition) is 3. The van der Waals surface area contributed by atoms with E-state index >= 15 is 0 Å². The number of nitrogens with zero attached hydrogens (tertiary/aromatic N) is 4. The summed E-state index contributed by atoms with van der Waals surface area (Å²) < 4.78 is 2.00. The Labute approximate surface area is 119 Å². The smallest absolute Gasteiger partial charge is 0.198 e. The minimum Gasteiger partial charge on any atom is -0.310 e. The number of hydrogen-bond donors (Lipinski definition) is 0. The first-order valence-electron chi connectivity index (χ1n) is 7.03. The van der Waals surface area contributed by atoms with Crippen LogP contribution in [0, 0.1) is 0 Å². The third-order valence-corrected chi connectivity index (χ3v) is 3.03. The summed E-state index contributed by atoms with van der Waals surface area (Å²) in [6.07, 6.45) is 2.68. The minimum atomic E-state index is 0.702. The van der Waals surface area contributed by atoms with Gasteiger partial charge in [-0.05, 0) is 6.42 Å². The van der Waals surface area contributed by atoms with Crippen molar-refractivity contribution in [3.63, 3.8) is 0 Å². The molecule has 0 bridgehead atoms. The summed E-state index contributed by atoms with van der Waals surface area (Å²) in [5, 5.41) is 0. The Morgan fingerprint density at radius 2 is 1.75 bits per heavy atom. The summed E-state index contributed by atoms with van der Waals surface area (Å²) in [6.45, 7) is 6.07. The van der Waals surface area contributed by atoms with Crippen molar-refractivity contribution in [1.82, 2.24) is 19.5 Å². The Balaban J connectivity index is 0.000000704. The van der Waals surface area contributed by atoms with Gasteiger partial charge in [0, 0.05) is 12.6 Å². The average molecular weight is 268 g/mol. The van der Waals surface area contributed by atoms with Crippen LogP contribution in [0.25, 0.3) is 22.7 Å². The highest BCUT2D eigenvalue weighted by molar-refractivity contribution is 5.73. The lowest BCUT2D eigenvalue weighted by atomic mass is 10.2. The molecule has 4 nitrogen and oxygen atoms in total. The molecule has 20 heavy (non-hydrogen) atoms. The molecule has 1 aromatic carbocycles. The molecule has 0 N–H and O–H groups in total. The number of imidazole rings is 1. The predicted molar refractivity (Wildman–Crippen MR) is 82.5 cm³/mol. The van der Waals surface area contributed by atoms with Crippen LogP contribution in [0.3, 0.4) is 0 Å². The molecular formula is C16H20N4. The quantitative estimate of drug-likeness (QED) is 0.713. The van der Waals surface area contributed by atoms with E-state index in [1.54, 1.807) is 6.20 Å². The van der Waals surface area contributed by atoms with Gasteiger partial charge in [-0.25, -0.2) is 15.0 Å². The van der Waals surface area contributed by atoms with Crippen LogP contribution in [0.5, 0.6) is 0 Å². The van der Waals surface area contributed by atoms with Crippen molar-refractivity contribution in [3.8, 4) is 11.4 Å². The molecule has 0 aliphatic carbocycles. The Morgan fingerprint density at radius 1 is 1.05 bits per heavy atom. The summed E-state index contributed by atoms with van der Waals surface area (Å²) in [4.78, 5) is 13.5. The predicted octanol–water partition coefficient (Wildman–Crippen LogP) is 3.62. The highest BCUT2D eigenvalue weighted by Crippen LogP contribution is 2.21. The zero-order valence-corrected chi connectivity index (χ0v) is 12.5. The van der Waals surface area contributed by atoms with Gasteiger partial charge in [0.1, 0.15) is 5.82 Å². The summed E-state index contributed by atoms with van der Waals surface area (Å²) in [5.74, 6) is 0.902. The molecule has 0 spiro atoms. The SMILES string of the molecule is CC.CCc1cnc2nc(-c3ccccc3)n(C)c2n1. The fourth-order valence-corrected chi connectivity index (χ4v) is 2.00. The van der Waals surface area contributed by atoms with Gasteiger partial charge in [-0.2, -0.15) is 0 Å². The maximum absolute atomic E-state index is 4.58. The largest absolute Gasteiger partial charge is 0.310 e. The summed E-state index contributed by atoms with van der Waals surface area (Å²) >= 11 is 0. The van der Waals surface area contributed by atoms with Crippen molar-refractivity contribution in [2.75, 3.05) is 0 Å². The molecule has 0 saturated carbocycles. The number of aromatic nitrogens is 4. The zero-order chi connectivity index (χ0) is 14.5. The minimum absolute atomic E-state index is 0.702. The number of benzene rings is 1. The second kappa shape index (κ2) is 6.28. The molecular weight excluding hydrogens is 248 g/mol. The van der Waals surface area contributed by atoms with Gasteiger partial charge in [-0.3, -0.25) is 0 Å². The van der Waals surface area contributed by atoms with E-state index in [-0.39, 0.29) is 0 Å². The van der Waals surface area contributed by atoms with E-state index in [0.717, 1.165) is 29.1 Å². The van der Waals surface area contributed by atoms with Gasteiger partial charge in [0.15, 0.2) is 11.3 Å². The van der Waals surface area contributed by atoms with Gasteiger partial charge >= 0.3 is 0 Å².